The van der Waals surface area contributed by atoms with Crippen molar-refractivity contribution in [2.45, 2.75) is 38.9 Å². The van der Waals surface area contributed by atoms with E-state index in [2.05, 4.69) is 34.9 Å². The molecular formula is C25H27BN2O2+. The molecule has 2 N–H and O–H groups in total. The van der Waals surface area contributed by atoms with Crippen LogP contribution in [0.1, 0.15) is 27.7 Å². The van der Waals surface area contributed by atoms with Crippen LogP contribution in [0.3, 0.4) is 0 Å². The topological polar surface area (TPSA) is 49.9 Å². The van der Waals surface area contributed by atoms with Crippen LogP contribution in [0.2, 0.25) is 0 Å². The smallest absolute Gasteiger partial charge is 0.331 e. The minimum Gasteiger partial charge on any atom is -0.439 e. The van der Waals surface area contributed by atoms with Gasteiger partial charge in [0.25, 0.3) is 0 Å². The van der Waals surface area contributed by atoms with Gasteiger partial charge in [-0.25, -0.2) is 4.98 Å². The summed E-state index contributed by atoms with van der Waals surface area (Å²) < 4.78 is 8.17. The highest BCUT2D eigenvalue weighted by atomic mass is 16.5. The molecule has 4 aromatic rings. The Balaban J connectivity index is 1.77. The van der Waals surface area contributed by atoms with Gasteiger partial charge in [-0.3, -0.25) is 4.57 Å². The summed E-state index contributed by atoms with van der Waals surface area (Å²) in [6, 6.07) is 26.7. The third kappa shape index (κ3) is 3.91. The fourth-order valence-electron chi connectivity index (χ4n) is 3.15. The fourth-order valence-corrected chi connectivity index (χ4v) is 3.15. The molecule has 30 heavy (non-hydrogen) atoms. The minimum absolute atomic E-state index is 0.611. The SMILES string of the molecule is CC(C)([OH2+])C(C)(C)O[B]c1ccc2c(c1)nc(-c1ccccc1)n2-c1ccccc1. The summed E-state index contributed by atoms with van der Waals surface area (Å²) in [6.07, 6.45) is 0. The molecule has 0 unspecified atom stereocenters. The summed E-state index contributed by atoms with van der Waals surface area (Å²) in [6.45, 7) is 7.59. The summed E-state index contributed by atoms with van der Waals surface area (Å²) in [5.74, 6) is 0.905. The molecule has 1 aromatic heterocycles. The summed E-state index contributed by atoms with van der Waals surface area (Å²) in [5, 5.41) is 8.29. The normalized spacial score (nSPS) is 12.3. The van der Waals surface area contributed by atoms with E-state index in [9.17, 15) is 0 Å². The standard InChI is InChI=1S/C25H26BN2O2/c1-24(2,29)25(3,4)30-26-19-15-16-22-21(17-19)27-23(18-11-7-5-8-12-18)28(22)20-13-9-6-10-14-20/h5-17,29H,1-4H3/p+1. The first-order valence-electron chi connectivity index (χ1n) is 10.2. The van der Waals surface area contributed by atoms with E-state index in [4.69, 9.17) is 14.7 Å². The molecule has 4 nitrogen and oxygen atoms in total. The molecule has 0 aliphatic carbocycles. The molecule has 0 saturated carbocycles. The average Bonchev–Trinajstić information content (AvgIpc) is 3.11. The summed E-state index contributed by atoms with van der Waals surface area (Å²) in [7, 11) is 1.74. The Morgan fingerprint density at radius 2 is 1.50 bits per heavy atom. The van der Waals surface area contributed by atoms with E-state index in [1.165, 1.54) is 0 Å². The Hall–Kier alpha value is -2.89. The maximum Gasteiger partial charge on any atom is 0.331 e. The van der Waals surface area contributed by atoms with E-state index >= 15 is 0 Å². The summed E-state index contributed by atoms with van der Waals surface area (Å²) in [4.78, 5) is 4.96. The van der Waals surface area contributed by atoms with Gasteiger partial charge in [0.2, 0.25) is 0 Å². The lowest BCUT2D eigenvalue weighted by Crippen LogP contribution is -2.49. The van der Waals surface area contributed by atoms with Crippen LogP contribution in [0.4, 0.5) is 0 Å². The number of para-hydroxylation sites is 1. The molecule has 3 aromatic carbocycles. The van der Waals surface area contributed by atoms with Gasteiger partial charge < -0.3 is 9.76 Å². The van der Waals surface area contributed by atoms with Crippen molar-refractivity contribution in [2.24, 2.45) is 0 Å². The molecule has 0 aliphatic rings. The van der Waals surface area contributed by atoms with Gasteiger partial charge in [-0.1, -0.05) is 60.1 Å². The molecular weight excluding hydrogens is 371 g/mol. The maximum absolute atomic E-state index is 8.29. The monoisotopic (exact) mass is 398 g/mol. The average molecular weight is 398 g/mol. The van der Waals surface area contributed by atoms with Crippen LogP contribution in [0.15, 0.2) is 78.9 Å². The van der Waals surface area contributed by atoms with E-state index < -0.39 is 11.2 Å². The zero-order chi connectivity index (χ0) is 21.4. The molecule has 0 saturated heterocycles. The first kappa shape index (κ1) is 20.4. The van der Waals surface area contributed by atoms with E-state index in [1.54, 1.807) is 7.48 Å². The van der Waals surface area contributed by atoms with Crippen molar-refractivity contribution in [3.63, 3.8) is 0 Å². The van der Waals surface area contributed by atoms with Crippen molar-refractivity contribution in [1.82, 2.24) is 9.55 Å². The second-order valence-corrected chi connectivity index (χ2v) is 8.59. The highest BCUT2D eigenvalue weighted by Gasteiger charge is 2.40. The predicted octanol–water partition coefficient (Wildman–Crippen LogP) is 4.24. The van der Waals surface area contributed by atoms with Crippen LogP contribution in [0.25, 0.3) is 28.1 Å². The number of aromatic nitrogens is 2. The number of rotatable bonds is 6. The molecule has 4 rings (SSSR count). The van der Waals surface area contributed by atoms with Crippen LogP contribution < -0.4 is 5.46 Å². The molecule has 0 amide bonds. The third-order valence-electron chi connectivity index (χ3n) is 5.72. The third-order valence-corrected chi connectivity index (χ3v) is 5.72. The van der Waals surface area contributed by atoms with Gasteiger partial charge in [0.1, 0.15) is 11.4 Å². The van der Waals surface area contributed by atoms with Gasteiger partial charge in [0, 0.05) is 25.1 Å². The van der Waals surface area contributed by atoms with Crippen molar-refractivity contribution in [3.8, 4) is 17.1 Å². The lowest BCUT2D eigenvalue weighted by atomic mass is 9.82. The molecule has 0 spiro atoms. The summed E-state index contributed by atoms with van der Waals surface area (Å²) >= 11 is 0. The van der Waals surface area contributed by atoms with Crippen molar-refractivity contribution in [2.75, 3.05) is 0 Å². The second kappa shape index (κ2) is 7.75. The largest absolute Gasteiger partial charge is 0.439 e. The zero-order valence-electron chi connectivity index (χ0n) is 17.9. The number of nitrogens with zero attached hydrogens (tertiary/aromatic N) is 2. The van der Waals surface area contributed by atoms with Gasteiger partial charge >= 0.3 is 7.48 Å². The van der Waals surface area contributed by atoms with Gasteiger partial charge in [-0.05, 0) is 38.1 Å². The summed E-state index contributed by atoms with van der Waals surface area (Å²) in [5.41, 5.74) is 3.68. The molecule has 0 aliphatic heterocycles. The Kier molecular flexibility index (Phi) is 5.26. The zero-order valence-corrected chi connectivity index (χ0v) is 17.9. The van der Waals surface area contributed by atoms with Crippen molar-refractivity contribution in [3.05, 3.63) is 78.9 Å². The molecule has 151 valence electrons. The Labute approximate surface area is 178 Å². The molecule has 0 fully saturated rings. The first-order chi connectivity index (χ1) is 14.3. The number of fused-ring (bicyclic) bond motifs is 1. The fraction of sp³-hybridized carbons (Fsp3) is 0.240. The van der Waals surface area contributed by atoms with Crippen molar-refractivity contribution >= 4 is 24.0 Å². The van der Waals surface area contributed by atoms with E-state index in [1.807, 2.05) is 76.2 Å². The predicted molar refractivity (Wildman–Crippen MR) is 125 cm³/mol. The Morgan fingerprint density at radius 3 is 2.13 bits per heavy atom. The molecule has 1 radical (unpaired) electrons. The van der Waals surface area contributed by atoms with Gasteiger partial charge in [0.05, 0.1) is 11.0 Å². The van der Waals surface area contributed by atoms with Gasteiger partial charge in [-0.15, -0.1) is 0 Å². The van der Waals surface area contributed by atoms with Crippen molar-refractivity contribution in [1.29, 1.82) is 0 Å². The lowest BCUT2D eigenvalue weighted by Gasteiger charge is -2.33. The highest BCUT2D eigenvalue weighted by Crippen LogP contribution is 2.28. The van der Waals surface area contributed by atoms with E-state index in [0.29, 0.717) is 0 Å². The van der Waals surface area contributed by atoms with Crippen LogP contribution in [-0.2, 0) is 4.65 Å². The minimum atomic E-state index is -0.719. The van der Waals surface area contributed by atoms with Crippen LogP contribution in [-0.4, -0.2) is 33.3 Å². The lowest BCUT2D eigenvalue weighted by molar-refractivity contribution is -0.0893. The number of benzene rings is 3. The Morgan fingerprint density at radius 1 is 0.867 bits per heavy atom. The van der Waals surface area contributed by atoms with Gasteiger partial charge in [0.15, 0.2) is 5.60 Å². The molecule has 1 heterocycles. The maximum atomic E-state index is 8.29. The second-order valence-electron chi connectivity index (χ2n) is 8.59. The van der Waals surface area contributed by atoms with Crippen molar-refractivity contribution < 1.29 is 9.76 Å². The highest BCUT2D eigenvalue weighted by molar-refractivity contribution is 6.47. The van der Waals surface area contributed by atoms with Crippen LogP contribution >= 0.6 is 0 Å². The Bertz CT molecular complexity index is 1150. The first-order valence-corrected chi connectivity index (χ1v) is 10.2. The van der Waals surface area contributed by atoms with Crippen LogP contribution in [0.5, 0.6) is 0 Å². The molecule has 5 heteroatoms. The number of hydrogen-bond donors (Lipinski definition) is 0. The van der Waals surface area contributed by atoms with Gasteiger partial charge in [-0.2, -0.15) is 0 Å². The molecule has 0 atom stereocenters. The van der Waals surface area contributed by atoms with E-state index in [-0.39, 0.29) is 0 Å². The number of hydrogen-bond acceptors (Lipinski definition) is 2. The van der Waals surface area contributed by atoms with E-state index in [0.717, 1.165) is 33.6 Å². The quantitative estimate of drug-likeness (QED) is 0.360. The van der Waals surface area contributed by atoms with Crippen LogP contribution in [0, 0.1) is 0 Å². The number of imidazole rings is 1. The molecule has 0 bridgehead atoms.